The van der Waals surface area contributed by atoms with E-state index >= 15 is 0 Å². The van der Waals surface area contributed by atoms with E-state index in [4.69, 9.17) is 0 Å². The third kappa shape index (κ3) is 7.99. The van der Waals surface area contributed by atoms with Crippen molar-refractivity contribution in [2.75, 3.05) is 32.1 Å². The fourth-order valence-corrected chi connectivity index (χ4v) is 3.65. The Balaban J connectivity index is 1.59. The maximum Gasteiger partial charge on any atom is 0.234 e. The molecule has 0 saturated carbocycles. The first kappa shape index (κ1) is 19.9. The van der Waals surface area contributed by atoms with E-state index in [-0.39, 0.29) is 5.91 Å². The molecule has 0 aromatic heterocycles. The van der Waals surface area contributed by atoms with Gasteiger partial charge in [0.1, 0.15) is 0 Å². The van der Waals surface area contributed by atoms with Crippen LogP contribution in [0.2, 0.25) is 0 Å². The fraction of sp³-hybridized carbons (Fsp3) is 0.350. The van der Waals surface area contributed by atoms with Gasteiger partial charge in [-0.3, -0.25) is 9.69 Å². The van der Waals surface area contributed by atoms with Gasteiger partial charge in [0.25, 0.3) is 0 Å². The molecule has 25 heavy (non-hydrogen) atoms. The summed E-state index contributed by atoms with van der Waals surface area (Å²) in [7, 11) is 1.98. The van der Waals surface area contributed by atoms with Gasteiger partial charge in [0.15, 0.2) is 0 Å². The molecule has 0 spiro atoms. The first-order chi connectivity index (χ1) is 12.2. The average Bonchev–Trinajstić information content (AvgIpc) is 2.63. The van der Waals surface area contributed by atoms with Crippen LogP contribution in [-0.2, 0) is 17.1 Å². The van der Waals surface area contributed by atoms with Crippen LogP contribution in [0.15, 0.2) is 59.5 Å². The summed E-state index contributed by atoms with van der Waals surface area (Å²) in [6.45, 7) is 1.92. The summed E-state index contributed by atoms with van der Waals surface area (Å²) in [4.78, 5) is 15.3. The molecule has 1 amide bonds. The van der Waals surface area contributed by atoms with Crippen molar-refractivity contribution >= 4 is 29.4 Å². The molecule has 3 nitrogen and oxygen atoms in total. The average molecular weight is 375 g/mol. The van der Waals surface area contributed by atoms with Crippen LogP contribution in [0.25, 0.3) is 0 Å². The molecule has 5 heteroatoms. The standard InChI is InChI=1S/C20H26N2OS2/c1-22(14-17-8-10-19(24-2)11-9-17)15-20(23)21-12-13-25-16-18-6-4-3-5-7-18/h3-11H,12-16H2,1-2H3,(H,21,23). The minimum atomic E-state index is 0.0866. The lowest BCUT2D eigenvalue weighted by atomic mass is 10.2. The summed E-state index contributed by atoms with van der Waals surface area (Å²) >= 11 is 3.58. The topological polar surface area (TPSA) is 32.3 Å². The van der Waals surface area contributed by atoms with Gasteiger partial charge in [-0.15, -0.1) is 11.8 Å². The van der Waals surface area contributed by atoms with Gasteiger partial charge in [-0.2, -0.15) is 11.8 Å². The van der Waals surface area contributed by atoms with E-state index in [0.29, 0.717) is 13.1 Å². The van der Waals surface area contributed by atoms with E-state index in [2.05, 4.69) is 60.1 Å². The smallest absolute Gasteiger partial charge is 0.234 e. The quantitative estimate of drug-likeness (QED) is 0.505. The van der Waals surface area contributed by atoms with E-state index in [0.717, 1.165) is 18.1 Å². The zero-order valence-corrected chi connectivity index (χ0v) is 16.5. The number of rotatable bonds is 10. The Bertz CT molecular complexity index is 632. The largest absolute Gasteiger partial charge is 0.354 e. The van der Waals surface area contributed by atoms with Crippen LogP contribution in [0.1, 0.15) is 11.1 Å². The lowest BCUT2D eigenvalue weighted by Gasteiger charge is -2.16. The third-order valence-electron chi connectivity index (χ3n) is 3.71. The Hall–Kier alpha value is -1.43. The molecule has 0 unspecified atom stereocenters. The number of carbonyl (C=O) groups is 1. The number of nitrogens with zero attached hydrogens (tertiary/aromatic N) is 1. The van der Waals surface area contributed by atoms with E-state index in [1.54, 1.807) is 11.8 Å². The van der Waals surface area contributed by atoms with Crippen LogP contribution in [0.5, 0.6) is 0 Å². The molecule has 2 rings (SSSR count). The van der Waals surface area contributed by atoms with Crippen LogP contribution in [0, 0.1) is 0 Å². The van der Waals surface area contributed by atoms with Gasteiger partial charge >= 0.3 is 0 Å². The van der Waals surface area contributed by atoms with Crippen molar-refractivity contribution < 1.29 is 4.79 Å². The maximum absolute atomic E-state index is 12.0. The monoisotopic (exact) mass is 374 g/mol. The van der Waals surface area contributed by atoms with Crippen molar-refractivity contribution in [1.82, 2.24) is 10.2 Å². The van der Waals surface area contributed by atoms with Crippen molar-refractivity contribution in [3.05, 3.63) is 65.7 Å². The summed E-state index contributed by atoms with van der Waals surface area (Å²) in [5, 5.41) is 3.00. The Morgan fingerprint density at radius 3 is 2.44 bits per heavy atom. The summed E-state index contributed by atoms with van der Waals surface area (Å²) in [5.41, 5.74) is 2.55. The number of hydrogen-bond acceptors (Lipinski definition) is 4. The number of hydrogen-bond donors (Lipinski definition) is 1. The minimum Gasteiger partial charge on any atom is -0.354 e. The molecule has 0 bridgehead atoms. The lowest BCUT2D eigenvalue weighted by molar-refractivity contribution is -0.121. The summed E-state index contributed by atoms with van der Waals surface area (Å²) in [6.07, 6.45) is 2.07. The normalized spacial score (nSPS) is 10.8. The molecule has 0 fully saturated rings. The number of likely N-dealkylation sites (N-methyl/N-ethyl adjacent to an activating group) is 1. The van der Waals surface area contributed by atoms with E-state index in [1.165, 1.54) is 16.0 Å². The highest BCUT2D eigenvalue weighted by molar-refractivity contribution is 7.98. The van der Waals surface area contributed by atoms with E-state index in [1.807, 2.05) is 29.8 Å². The van der Waals surface area contributed by atoms with Crippen LogP contribution >= 0.6 is 23.5 Å². The van der Waals surface area contributed by atoms with Gasteiger partial charge in [-0.1, -0.05) is 42.5 Å². The second-order valence-corrected chi connectivity index (χ2v) is 7.89. The molecule has 0 saturated heterocycles. The van der Waals surface area contributed by atoms with Gasteiger partial charge in [0.2, 0.25) is 5.91 Å². The Morgan fingerprint density at radius 2 is 1.76 bits per heavy atom. The molecular formula is C20H26N2OS2. The van der Waals surface area contributed by atoms with Gasteiger partial charge in [0, 0.05) is 29.5 Å². The first-order valence-electron chi connectivity index (χ1n) is 8.37. The molecule has 1 N–H and O–H groups in total. The summed E-state index contributed by atoms with van der Waals surface area (Å²) in [5.74, 6) is 2.01. The van der Waals surface area contributed by atoms with Gasteiger partial charge in [-0.05, 0) is 36.6 Å². The number of amides is 1. The molecule has 0 atom stereocenters. The Labute approximate surface area is 159 Å². The van der Waals surface area contributed by atoms with Crippen molar-refractivity contribution in [3.63, 3.8) is 0 Å². The molecule has 2 aromatic carbocycles. The van der Waals surface area contributed by atoms with Crippen molar-refractivity contribution in [2.45, 2.75) is 17.2 Å². The second kappa shape index (κ2) is 11.2. The van der Waals surface area contributed by atoms with Crippen LogP contribution < -0.4 is 5.32 Å². The first-order valence-corrected chi connectivity index (χ1v) is 10.7. The predicted octanol–water partition coefficient (Wildman–Crippen LogP) is 3.89. The van der Waals surface area contributed by atoms with Crippen LogP contribution in [0.4, 0.5) is 0 Å². The summed E-state index contributed by atoms with van der Waals surface area (Å²) < 4.78 is 0. The lowest BCUT2D eigenvalue weighted by Crippen LogP contribution is -2.35. The Kier molecular flexibility index (Phi) is 8.94. The second-order valence-electron chi connectivity index (χ2n) is 5.91. The number of carbonyl (C=O) groups excluding carboxylic acids is 1. The summed E-state index contributed by atoms with van der Waals surface area (Å²) in [6, 6.07) is 18.9. The van der Waals surface area contributed by atoms with Crippen molar-refractivity contribution in [1.29, 1.82) is 0 Å². The molecule has 0 radical (unpaired) electrons. The highest BCUT2D eigenvalue weighted by atomic mass is 32.2. The highest BCUT2D eigenvalue weighted by Gasteiger charge is 2.07. The van der Waals surface area contributed by atoms with Gasteiger partial charge in [-0.25, -0.2) is 0 Å². The predicted molar refractivity (Wildman–Crippen MR) is 110 cm³/mol. The van der Waals surface area contributed by atoms with Crippen molar-refractivity contribution in [3.8, 4) is 0 Å². The molecule has 134 valence electrons. The van der Waals surface area contributed by atoms with Crippen LogP contribution in [-0.4, -0.2) is 43.0 Å². The van der Waals surface area contributed by atoms with Crippen molar-refractivity contribution in [2.24, 2.45) is 0 Å². The molecule has 0 aliphatic rings. The third-order valence-corrected chi connectivity index (χ3v) is 5.48. The van der Waals surface area contributed by atoms with E-state index < -0.39 is 0 Å². The van der Waals surface area contributed by atoms with Gasteiger partial charge < -0.3 is 5.32 Å². The fourth-order valence-electron chi connectivity index (χ4n) is 2.43. The van der Waals surface area contributed by atoms with Crippen LogP contribution in [0.3, 0.4) is 0 Å². The SMILES string of the molecule is CSc1ccc(CN(C)CC(=O)NCCSCc2ccccc2)cc1. The molecule has 2 aromatic rings. The zero-order chi connectivity index (χ0) is 17.9. The number of nitrogens with one attached hydrogen (secondary N) is 1. The molecular weight excluding hydrogens is 348 g/mol. The Morgan fingerprint density at radius 1 is 1.04 bits per heavy atom. The maximum atomic E-state index is 12.0. The van der Waals surface area contributed by atoms with E-state index in [9.17, 15) is 4.79 Å². The molecule has 0 aliphatic carbocycles. The van der Waals surface area contributed by atoms with Gasteiger partial charge in [0.05, 0.1) is 6.54 Å². The number of benzene rings is 2. The number of thioether (sulfide) groups is 2. The highest BCUT2D eigenvalue weighted by Crippen LogP contribution is 2.15. The zero-order valence-electron chi connectivity index (χ0n) is 14.9. The molecule has 0 aliphatic heterocycles. The minimum absolute atomic E-state index is 0.0866. The molecule has 0 heterocycles.